The van der Waals surface area contributed by atoms with E-state index in [-0.39, 0.29) is 6.85 Å². The number of hydrogen-bond donors (Lipinski definition) is 0. The minimum Gasteiger partial charge on any atom is -0.375 e. The lowest BCUT2D eigenvalue weighted by molar-refractivity contribution is 0.737. The Kier molecular flexibility index (Phi) is 7.06. The highest BCUT2D eigenvalue weighted by Crippen LogP contribution is 2.49. The van der Waals surface area contributed by atoms with Crippen LogP contribution in [0.5, 0.6) is 0 Å². The van der Waals surface area contributed by atoms with E-state index < -0.39 is 5.41 Å². The quantitative estimate of drug-likeness (QED) is 0.124. The summed E-state index contributed by atoms with van der Waals surface area (Å²) in [6.07, 6.45) is 4.85. The molecule has 0 saturated carbocycles. The van der Waals surface area contributed by atoms with Crippen molar-refractivity contribution >= 4 is 51.7 Å². The lowest BCUT2D eigenvalue weighted by Gasteiger charge is -2.40. The third-order valence-electron chi connectivity index (χ3n) is 12.5. The van der Waals surface area contributed by atoms with Gasteiger partial charge in [0.2, 0.25) is 0 Å². The number of aryl methyl sites for hydroxylation is 2. The van der Waals surface area contributed by atoms with Gasteiger partial charge in [0.25, 0.3) is 0 Å². The molecule has 8 aromatic carbocycles. The maximum absolute atomic E-state index is 2.66. The second kappa shape index (κ2) is 12.2. The maximum atomic E-state index is 2.66. The summed E-state index contributed by atoms with van der Waals surface area (Å²) in [5, 5.41) is 2.60. The first-order valence-corrected chi connectivity index (χ1v) is 19.4. The third kappa shape index (κ3) is 4.49. The fraction of sp³-hybridized carbons (Fsp3) is 0.0566. The van der Waals surface area contributed by atoms with E-state index in [4.69, 9.17) is 0 Å². The molecule has 55 heavy (non-hydrogen) atoms. The second-order valence-corrected chi connectivity index (χ2v) is 15.3. The number of fused-ring (bicyclic) bond motifs is 7. The van der Waals surface area contributed by atoms with Crippen molar-refractivity contribution in [1.82, 2.24) is 4.48 Å². The Bertz CT molecular complexity index is 2960. The topological polar surface area (TPSA) is 4.93 Å². The normalized spacial score (nSPS) is 12.8. The SMILES string of the molecule is Cc1ccccc1-c1cc2c3c(c1)-c1cccc4c5ccccc5n(c14)B3c1cccc(C(c3ccccc3)(c3ccccc3)c3ccccc3C)c1C=C2. The van der Waals surface area contributed by atoms with Gasteiger partial charge >= 0.3 is 6.85 Å². The molecule has 0 atom stereocenters. The van der Waals surface area contributed by atoms with E-state index in [1.807, 2.05) is 0 Å². The highest BCUT2D eigenvalue weighted by molar-refractivity contribution is 6.88. The van der Waals surface area contributed by atoms with E-state index in [0.717, 1.165) is 0 Å². The molecular formula is C53H38BN. The Morgan fingerprint density at radius 2 is 1.09 bits per heavy atom. The summed E-state index contributed by atoms with van der Waals surface area (Å²) < 4.78 is 2.66. The van der Waals surface area contributed by atoms with Crippen LogP contribution in [-0.2, 0) is 5.41 Å². The Hall–Kier alpha value is -6.64. The minimum absolute atomic E-state index is 0.0423. The number of rotatable bonds is 5. The van der Waals surface area contributed by atoms with Gasteiger partial charge in [-0.15, -0.1) is 0 Å². The van der Waals surface area contributed by atoms with Crippen LogP contribution >= 0.6 is 0 Å². The van der Waals surface area contributed by atoms with Crippen LogP contribution in [0.1, 0.15) is 44.5 Å². The van der Waals surface area contributed by atoms with E-state index >= 15 is 0 Å². The van der Waals surface area contributed by atoms with E-state index in [2.05, 4.69) is 212 Å². The summed E-state index contributed by atoms with van der Waals surface area (Å²) in [6.45, 7) is 4.45. The zero-order valence-corrected chi connectivity index (χ0v) is 31.0. The first-order valence-electron chi connectivity index (χ1n) is 19.4. The van der Waals surface area contributed by atoms with Crippen LogP contribution in [0.2, 0.25) is 0 Å². The number of benzene rings is 8. The van der Waals surface area contributed by atoms with Crippen LogP contribution in [0.25, 0.3) is 56.2 Å². The molecule has 9 aromatic rings. The predicted molar refractivity (Wildman–Crippen MR) is 234 cm³/mol. The van der Waals surface area contributed by atoms with Gasteiger partial charge in [-0.1, -0.05) is 176 Å². The maximum Gasteiger partial charge on any atom is 0.330 e. The molecule has 2 aliphatic rings. The van der Waals surface area contributed by atoms with Crippen LogP contribution in [0.15, 0.2) is 182 Å². The van der Waals surface area contributed by atoms with Gasteiger partial charge in [0.1, 0.15) is 0 Å². The Labute approximate surface area is 323 Å². The lowest BCUT2D eigenvalue weighted by atomic mass is 9.45. The molecule has 1 nitrogen and oxygen atoms in total. The van der Waals surface area contributed by atoms with Crippen molar-refractivity contribution in [1.29, 1.82) is 0 Å². The summed E-state index contributed by atoms with van der Waals surface area (Å²) in [5.74, 6) is 0. The number of hydrogen-bond acceptors (Lipinski definition) is 0. The zero-order valence-electron chi connectivity index (χ0n) is 31.0. The van der Waals surface area contributed by atoms with Gasteiger partial charge in [-0.05, 0) is 104 Å². The van der Waals surface area contributed by atoms with E-state index in [0.29, 0.717) is 0 Å². The molecular weight excluding hydrogens is 661 g/mol. The monoisotopic (exact) mass is 699 g/mol. The lowest BCUT2D eigenvalue weighted by Crippen LogP contribution is -2.53. The van der Waals surface area contributed by atoms with E-state index in [9.17, 15) is 0 Å². The first kappa shape index (κ1) is 31.9. The van der Waals surface area contributed by atoms with Gasteiger partial charge in [0, 0.05) is 27.4 Å². The van der Waals surface area contributed by atoms with Gasteiger partial charge in [0.05, 0.1) is 5.41 Å². The molecule has 0 saturated heterocycles. The molecule has 11 rings (SSSR count). The van der Waals surface area contributed by atoms with Gasteiger partial charge in [-0.25, -0.2) is 0 Å². The molecule has 3 heterocycles. The number of nitrogens with zero attached hydrogens (tertiary/aromatic N) is 1. The largest absolute Gasteiger partial charge is 0.375 e. The smallest absolute Gasteiger partial charge is 0.330 e. The average molecular weight is 700 g/mol. The molecule has 258 valence electrons. The van der Waals surface area contributed by atoms with E-state index in [1.54, 1.807) is 0 Å². The van der Waals surface area contributed by atoms with Crippen LogP contribution in [0.4, 0.5) is 0 Å². The molecule has 2 aliphatic heterocycles. The highest BCUT2D eigenvalue weighted by atomic mass is 14.9. The average Bonchev–Trinajstić information content (AvgIpc) is 3.47. The molecule has 0 radical (unpaired) electrons. The van der Waals surface area contributed by atoms with Crippen molar-refractivity contribution in [2.45, 2.75) is 19.3 Å². The Morgan fingerprint density at radius 1 is 0.473 bits per heavy atom. The molecule has 0 amide bonds. The van der Waals surface area contributed by atoms with Crippen LogP contribution in [-0.4, -0.2) is 11.3 Å². The van der Waals surface area contributed by atoms with Crippen LogP contribution in [0, 0.1) is 13.8 Å². The van der Waals surface area contributed by atoms with Crippen molar-refractivity contribution in [3.63, 3.8) is 0 Å². The molecule has 0 N–H and O–H groups in total. The van der Waals surface area contributed by atoms with Crippen molar-refractivity contribution in [2.75, 3.05) is 0 Å². The summed E-state index contributed by atoms with van der Waals surface area (Å²) in [7, 11) is 0. The fourth-order valence-electron chi connectivity index (χ4n) is 10.2. The van der Waals surface area contributed by atoms with Crippen LogP contribution < -0.4 is 10.9 Å². The fourth-order valence-corrected chi connectivity index (χ4v) is 10.2. The molecule has 0 unspecified atom stereocenters. The molecule has 0 aliphatic carbocycles. The standard InChI is InChI=1S/C53H38BN/c1-35-17-9-11-23-41(35)38-33-37-31-32-45-48(53(39-19-5-3-6-20-39,40-21-7-4-8-22-40)47-27-13-10-18-36(47)2)28-16-29-49(45)54-51(37)46(34-38)44-26-15-25-43-42-24-12-14-30-50(42)55(54)52(43)44/h3-34H,1-2H3. The number of para-hydroxylation sites is 2. The first-order chi connectivity index (χ1) is 27.1. The zero-order chi connectivity index (χ0) is 36.7. The van der Waals surface area contributed by atoms with Gasteiger partial charge in [-0.2, -0.15) is 0 Å². The summed E-state index contributed by atoms with van der Waals surface area (Å²) in [4.78, 5) is 0. The summed E-state index contributed by atoms with van der Waals surface area (Å²) in [5.41, 5.74) is 20.0. The Balaban J connectivity index is 1.31. The molecule has 0 bridgehead atoms. The van der Waals surface area contributed by atoms with Crippen molar-refractivity contribution in [3.8, 4) is 22.3 Å². The summed E-state index contributed by atoms with van der Waals surface area (Å²) >= 11 is 0. The Morgan fingerprint density at radius 3 is 1.85 bits per heavy atom. The molecule has 0 spiro atoms. The van der Waals surface area contributed by atoms with Crippen molar-refractivity contribution in [3.05, 3.63) is 226 Å². The van der Waals surface area contributed by atoms with Crippen molar-refractivity contribution in [2.24, 2.45) is 0 Å². The third-order valence-corrected chi connectivity index (χ3v) is 12.5. The number of aromatic nitrogens is 1. The highest BCUT2D eigenvalue weighted by Gasteiger charge is 2.44. The minimum atomic E-state index is -0.587. The van der Waals surface area contributed by atoms with E-state index in [1.165, 1.54) is 99.5 Å². The molecule has 1 aromatic heterocycles. The van der Waals surface area contributed by atoms with Crippen molar-refractivity contribution < 1.29 is 0 Å². The summed E-state index contributed by atoms with van der Waals surface area (Å²) in [6, 6.07) is 68.0. The molecule has 2 heteroatoms. The predicted octanol–water partition coefficient (Wildman–Crippen LogP) is 11.6. The van der Waals surface area contributed by atoms with Gasteiger partial charge < -0.3 is 4.48 Å². The van der Waals surface area contributed by atoms with Gasteiger partial charge in [0.15, 0.2) is 0 Å². The van der Waals surface area contributed by atoms with Gasteiger partial charge in [-0.3, -0.25) is 0 Å². The second-order valence-electron chi connectivity index (χ2n) is 15.3. The van der Waals surface area contributed by atoms with Crippen LogP contribution in [0.3, 0.4) is 0 Å². The molecule has 0 fully saturated rings.